The second kappa shape index (κ2) is 8.04. The van der Waals surface area contributed by atoms with E-state index in [0.717, 1.165) is 6.07 Å². The fourth-order valence-corrected chi connectivity index (χ4v) is 3.02. The minimum atomic E-state index is -5.04. The summed E-state index contributed by atoms with van der Waals surface area (Å²) in [6, 6.07) is 0.176. The summed E-state index contributed by atoms with van der Waals surface area (Å²) in [7, 11) is 0. The number of benzene rings is 1. The van der Waals surface area contributed by atoms with E-state index in [0.29, 0.717) is 6.07 Å². The van der Waals surface area contributed by atoms with Crippen molar-refractivity contribution in [3.8, 4) is 0 Å². The van der Waals surface area contributed by atoms with Crippen LogP contribution in [0.4, 0.5) is 26.3 Å². The third-order valence-corrected chi connectivity index (χ3v) is 4.12. The predicted molar refractivity (Wildman–Crippen MR) is 87.3 cm³/mol. The molecule has 0 spiro atoms. The number of hydrogen-bond donors (Lipinski definition) is 0. The van der Waals surface area contributed by atoms with Crippen LogP contribution in [-0.4, -0.2) is 30.8 Å². The molecule has 1 aromatic rings. The fraction of sp³-hybridized carbons (Fsp3) is 0.389. The summed E-state index contributed by atoms with van der Waals surface area (Å²) in [5.41, 5.74) is -4.21. The molecule has 0 N–H and O–H groups in total. The van der Waals surface area contributed by atoms with Crippen molar-refractivity contribution in [3.05, 3.63) is 57.8 Å². The molecule has 0 radical (unpaired) electrons. The number of alkyl halides is 5. The first kappa shape index (κ1) is 21.5. The fourth-order valence-electron chi connectivity index (χ4n) is 3.02. The van der Waals surface area contributed by atoms with Gasteiger partial charge in [-0.15, -0.1) is 0 Å². The molecule has 1 heterocycles. The summed E-state index contributed by atoms with van der Waals surface area (Å²) in [6.07, 6.45) is -8.34. The van der Waals surface area contributed by atoms with Gasteiger partial charge in [-0.25, -0.2) is 29.5 Å². The van der Waals surface area contributed by atoms with Crippen molar-refractivity contribution in [2.45, 2.75) is 38.4 Å². The van der Waals surface area contributed by atoms with Gasteiger partial charge < -0.3 is 9.58 Å². The molecule has 150 valence electrons. The van der Waals surface area contributed by atoms with Crippen molar-refractivity contribution in [2.24, 2.45) is 4.99 Å². The monoisotopic (exact) mass is 404 g/mol. The highest BCUT2D eigenvalue weighted by Crippen LogP contribution is 2.44. The summed E-state index contributed by atoms with van der Waals surface area (Å²) < 4.78 is 85.7. The number of hydrogen-bond acceptors (Lipinski definition) is 3. The number of rotatable bonds is 4. The van der Waals surface area contributed by atoms with Crippen LogP contribution < -0.4 is 0 Å². The molecule has 4 nitrogen and oxygen atoms in total. The molecule has 2 atom stereocenters. The maximum Gasteiger partial charge on any atom is 0.416 e. The van der Waals surface area contributed by atoms with Gasteiger partial charge in [0.05, 0.1) is 29.4 Å². The van der Waals surface area contributed by atoms with E-state index in [2.05, 4.69) is 9.84 Å². The van der Waals surface area contributed by atoms with E-state index in [-0.39, 0.29) is 18.4 Å². The van der Waals surface area contributed by atoms with Gasteiger partial charge in [0.25, 0.3) is 12.5 Å². The van der Waals surface area contributed by atoms with E-state index in [9.17, 15) is 31.1 Å². The highest BCUT2D eigenvalue weighted by molar-refractivity contribution is 6.00. The topological polar surface area (TPSA) is 43.0 Å². The summed E-state index contributed by atoms with van der Waals surface area (Å²) in [5, 5.41) is 0. The second-order valence-electron chi connectivity index (χ2n) is 5.85. The summed E-state index contributed by atoms with van der Waals surface area (Å²) in [6.45, 7) is 9.67. The third kappa shape index (κ3) is 4.03. The molecule has 1 aliphatic rings. The molecule has 1 aliphatic heterocycles. The minimum absolute atomic E-state index is 0.180. The highest BCUT2D eigenvalue weighted by atomic mass is 19.4. The van der Waals surface area contributed by atoms with E-state index in [1.807, 2.05) is 0 Å². The van der Waals surface area contributed by atoms with Crippen molar-refractivity contribution < 1.29 is 35.9 Å². The highest BCUT2D eigenvalue weighted by Gasteiger charge is 2.48. The Labute approximate surface area is 156 Å². The second-order valence-corrected chi connectivity index (χ2v) is 5.85. The van der Waals surface area contributed by atoms with Crippen LogP contribution in [-0.2, 0) is 15.7 Å². The lowest BCUT2D eigenvalue weighted by Crippen LogP contribution is -2.35. The van der Waals surface area contributed by atoms with Gasteiger partial charge in [-0.3, -0.25) is 0 Å². The maximum absolute atomic E-state index is 13.5. The molecule has 1 aromatic carbocycles. The molecule has 10 heteroatoms. The van der Waals surface area contributed by atoms with Crippen molar-refractivity contribution in [2.75, 3.05) is 6.61 Å². The molecule has 0 bridgehead atoms. The van der Waals surface area contributed by atoms with Crippen molar-refractivity contribution >= 4 is 11.7 Å². The Morgan fingerprint density at radius 2 is 2.00 bits per heavy atom. The predicted octanol–water partition coefficient (Wildman–Crippen LogP) is 4.77. The molecule has 0 fully saturated rings. The van der Waals surface area contributed by atoms with Gasteiger partial charge in [0.15, 0.2) is 0 Å². The molecular weight excluding hydrogens is 390 g/mol. The van der Waals surface area contributed by atoms with Crippen LogP contribution in [0.1, 0.15) is 30.9 Å². The van der Waals surface area contributed by atoms with E-state index in [4.69, 9.17) is 11.3 Å². The average Bonchev–Trinajstić information content (AvgIpc) is 2.60. The lowest BCUT2D eigenvalue weighted by Gasteiger charge is -2.28. The first-order chi connectivity index (χ1) is 13.0. The van der Waals surface area contributed by atoms with Crippen molar-refractivity contribution in [3.63, 3.8) is 0 Å². The third-order valence-electron chi connectivity index (χ3n) is 4.12. The van der Waals surface area contributed by atoms with E-state index in [1.165, 1.54) is 13.8 Å². The summed E-state index contributed by atoms with van der Waals surface area (Å²) in [4.78, 5) is 19.1. The van der Waals surface area contributed by atoms with Crippen molar-refractivity contribution in [1.29, 1.82) is 0 Å². The minimum Gasteiger partial charge on any atom is -0.463 e. The molecule has 2 unspecified atom stereocenters. The van der Waals surface area contributed by atoms with Gasteiger partial charge >= 0.3 is 12.1 Å². The zero-order valence-corrected chi connectivity index (χ0v) is 14.6. The van der Waals surface area contributed by atoms with Crippen LogP contribution in [0.2, 0.25) is 0 Å². The van der Waals surface area contributed by atoms with Crippen LogP contribution in [0.3, 0.4) is 0 Å². The zero-order valence-electron chi connectivity index (χ0n) is 14.6. The Morgan fingerprint density at radius 3 is 2.50 bits per heavy atom. The van der Waals surface area contributed by atoms with Crippen LogP contribution in [0.15, 0.2) is 34.5 Å². The van der Waals surface area contributed by atoms with Gasteiger partial charge in [-0.1, -0.05) is 6.07 Å². The van der Waals surface area contributed by atoms with Gasteiger partial charge in [0.2, 0.25) is 0 Å². The number of carbonyl (C=O) groups excluding carboxylic acids is 1. The lowest BCUT2D eigenvalue weighted by molar-refractivity contribution is -0.141. The molecule has 0 aliphatic carbocycles. The van der Waals surface area contributed by atoms with Gasteiger partial charge in [0.1, 0.15) is 11.5 Å². The maximum atomic E-state index is 13.5. The number of carbonyl (C=O) groups is 1. The normalized spacial score (nSPS) is 20.1. The first-order valence-corrected chi connectivity index (χ1v) is 8.00. The van der Waals surface area contributed by atoms with E-state index < -0.39 is 58.7 Å². The summed E-state index contributed by atoms with van der Waals surface area (Å²) in [5.74, 6) is -4.24. The number of esters is 1. The lowest BCUT2D eigenvalue weighted by atomic mass is 9.78. The van der Waals surface area contributed by atoms with Gasteiger partial charge in [0, 0.05) is 0 Å². The molecular formula is C18H14F6N2O2. The van der Waals surface area contributed by atoms with Gasteiger partial charge in [-0.05, 0) is 31.5 Å². The smallest absolute Gasteiger partial charge is 0.416 e. The van der Waals surface area contributed by atoms with E-state index >= 15 is 0 Å². The number of nitrogens with zero attached hydrogens (tertiary/aromatic N) is 2. The molecule has 2 rings (SSSR count). The number of ether oxygens (including phenoxy) is 1. The van der Waals surface area contributed by atoms with Gasteiger partial charge in [-0.2, -0.15) is 13.2 Å². The Balaban J connectivity index is 2.86. The molecule has 0 amide bonds. The average molecular weight is 404 g/mol. The van der Waals surface area contributed by atoms with Crippen LogP contribution in [0.25, 0.3) is 4.85 Å². The van der Waals surface area contributed by atoms with E-state index in [1.54, 1.807) is 0 Å². The Morgan fingerprint density at radius 1 is 1.36 bits per heavy atom. The van der Waals surface area contributed by atoms with Crippen LogP contribution in [0, 0.1) is 12.4 Å². The molecule has 28 heavy (non-hydrogen) atoms. The standard InChI is InChI=1S/C18H14F6N2O2/c1-4-28-17(27)13-12(14(25-3)8(2)26-15(13)16(20)21)10-6-5-9(19)7-11(10)18(22,23)24/h5-7,12,14,16H,4H2,1-2H3. The summed E-state index contributed by atoms with van der Waals surface area (Å²) >= 11 is 0. The SMILES string of the molecule is [C-]#[N+]C1C(C)=NC(C(F)F)=C(C(=O)OCC)C1c1ccc(F)cc1C(F)(F)F. The van der Waals surface area contributed by atoms with Crippen LogP contribution >= 0.6 is 0 Å². The number of aliphatic imine (C=N–C) groups is 1. The Bertz CT molecular complexity index is 883. The molecule has 0 aromatic heterocycles. The first-order valence-electron chi connectivity index (χ1n) is 8.00. The Kier molecular flexibility index (Phi) is 6.17. The largest absolute Gasteiger partial charge is 0.463 e. The Hall–Kier alpha value is -2.83. The quantitative estimate of drug-likeness (QED) is 0.412. The molecule has 0 saturated heterocycles. The number of allylic oxidation sites excluding steroid dienone is 1. The molecule has 0 saturated carbocycles. The van der Waals surface area contributed by atoms with Crippen molar-refractivity contribution in [1.82, 2.24) is 0 Å². The van der Waals surface area contributed by atoms with Crippen LogP contribution in [0.5, 0.6) is 0 Å². The zero-order chi connectivity index (χ0) is 21.2. The number of halogens is 6.